The summed E-state index contributed by atoms with van der Waals surface area (Å²) in [6.07, 6.45) is 3.90. The fourth-order valence-corrected chi connectivity index (χ4v) is 2.87. The lowest BCUT2D eigenvalue weighted by atomic mass is 10.0. The first-order valence-electron chi connectivity index (χ1n) is 8.19. The molecule has 0 aromatic heterocycles. The molecule has 1 aromatic carbocycles. The smallest absolute Gasteiger partial charge is 0.0713 e. The van der Waals surface area contributed by atoms with E-state index in [-0.39, 0.29) is 0 Å². The number of benzene rings is 1. The fraction of sp³-hybridized carbons (Fsp3) is 0.667. The van der Waals surface area contributed by atoms with Gasteiger partial charge in [-0.1, -0.05) is 38.1 Å². The van der Waals surface area contributed by atoms with Crippen molar-refractivity contribution in [3.8, 4) is 0 Å². The molecule has 3 heteroatoms. The van der Waals surface area contributed by atoms with Gasteiger partial charge in [-0.15, -0.1) is 0 Å². The van der Waals surface area contributed by atoms with Crippen molar-refractivity contribution in [3.63, 3.8) is 0 Å². The number of nitrogens with zero attached hydrogens (tertiary/aromatic N) is 1. The maximum absolute atomic E-state index is 6.11. The maximum Gasteiger partial charge on any atom is 0.0713 e. The number of methoxy groups -OCH3 is 1. The zero-order valence-electron chi connectivity index (χ0n) is 13.7. The van der Waals surface area contributed by atoms with E-state index in [2.05, 4.69) is 43.0 Å². The highest BCUT2D eigenvalue weighted by molar-refractivity contribution is 5.25. The predicted molar refractivity (Wildman–Crippen MR) is 88.1 cm³/mol. The van der Waals surface area contributed by atoms with Gasteiger partial charge in [-0.25, -0.2) is 0 Å². The summed E-state index contributed by atoms with van der Waals surface area (Å²) in [5, 5.41) is 0. The van der Waals surface area contributed by atoms with E-state index in [9.17, 15) is 0 Å². The van der Waals surface area contributed by atoms with Gasteiger partial charge in [-0.05, 0) is 42.9 Å². The lowest BCUT2D eigenvalue weighted by molar-refractivity contribution is 0.179. The van der Waals surface area contributed by atoms with E-state index in [1.807, 2.05) is 0 Å². The van der Waals surface area contributed by atoms with Crippen LogP contribution in [-0.2, 0) is 11.3 Å². The molecule has 1 unspecified atom stereocenters. The third-order valence-electron chi connectivity index (χ3n) is 4.28. The van der Waals surface area contributed by atoms with Crippen LogP contribution in [0.2, 0.25) is 0 Å². The first-order valence-corrected chi connectivity index (χ1v) is 8.19. The van der Waals surface area contributed by atoms with Gasteiger partial charge in [0.1, 0.15) is 0 Å². The average molecular weight is 290 g/mol. The Labute approximate surface area is 129 Å². The van der Waals surface area contributed by atoms with Crippen LogP contribution in [0.4, 0.5) is 0 Å². The molecule has 1 aromatic rings. The Balaban J connectivity index is 2.07. The lowest BCUT2D eigenvalue weighted by Crippen LogP contribution is -2.36. The van der Waals surface area contributed by atoms with E-state index in [4.69, 9.17) is 10.5 Å². The second kappa shape index (κ2) is 7.92. The molecule has 2 rings (SSSR count). The van der Waals surface area contributed by atoms with E-state index in [1.165, 1.54) is 30.4 Å². The Morgan fingerprint density at radius 1 is 1.24 bits per heavy atom. The average Bonchev–Trinajstić information content (AvgIpc) is 3.29. The van der Waals surface area contributed by atoms with E-state index in [0.29, 0.717) is 19.2 Å². The van der Waals surface area contributed by atoms with Crippen molar-refractivity contribution < 1.29 is 4.74 Å². The predicted octanol–water partition coefficient (Wildman–Crippen LogP) is 3.34. The minimum Gasteiger partial charge on any atom is -0.380 e. The molecule has 1 aliphatic carbocycles. The lowest BCUT2D eigenvalue weighted by Gasteiger charge is -2.32. The largest absolute Gasteiger partial charge is 0.380 e. The van der Waals surface area contributed by atoms with Gasteiger partial charge in [-0.3, -0.25) is 4.90 Å². The molecule has 0 amide bonds. The fourth-order valence-electron chi connectivity index (χ4n) is 2.87. The van der Waals surface area contributed by atoms with Crippen molar-refractivity contribution in [1.82, 2.24) is 4.90 Å². The molecule has 1 aliphatic rings. The summed E-state index contributed by atoms with van der Waals surface area (Å²) in [4.78, 5) is 2.63. The van der Waals surface area contributed by atoms with Crippen LogP contribution in [0.25, 0.3) is 0 Å². The van der Waals surface area contributed by atoms with Crippen molar-refractivity contribution in [2.75, 3.05) is 20.2 Å². The summed E-state index contributed by atoms with van der Waals surface area (Å²) in [5.74, 6) is 0.744. The van der Waals surface area contributed by atoms with Gasteiger partial charge in [0.15, 0.2) is 0 Å². The van der Waals surface area contributed by atoms with Crippen LogP contribution < -0.4 is 5.73 Å². The Hall–Kier alpha value is -0.900. The van der Waals surface area contributed by atoms with Gasteiger partial charge in [0.05, 0.1) is 6.61 Å². The molecule has 1 atom stereocenters. The van der Waals surface area contributed by atoms with E-state index in [1.54, 1.807) is 7.11 Å². The standard InChI is InChI=1S/C18H30N2O/c1-14(2)10-11-20(17-8-9-17)18(12-19)16-6-4-15(5-7-16)13-21-3/h4-7,14,17-18H,8-13,19H2,1-3H3. The van der Waals surface area contributed by atoms with Gasteiger partial charge in [0.25, 0.3) is 0 Å². The van der Waals surface area contributed by atoms with Gasteiger partial charge < -0.3 is 10.5 Å². The van der Waals surface area contributed by atoms with Crippen LogP contribution >= 0.6 is 0 Å². The second-order valence-electron chi connectivity index (χ2n) is 6.58. The molecule has 2 N–H and O–H groups in total. The van der Waals surface area contributed by atoms with Crippen molar-refractivity contribution in [1.29, 1.82) is 0 Å². The minimum absolute atomic E-state index is 0.354. The third-order valence-corrected chi connectivity index (χ3v) is 4.28. The van der Waals surface area contributed by atoms with Crippen molar-refractivity contribution in [2.24, 2.45) is 11.7 Å². The second-order valence-corrected chi connectivity index (χ2v) is 6.58. The molecular formula is C18H30N2O. The van der Waals surface area contributed by atoms with Crippen LogP contribution in [-0.4, -0.2) is 31.1 Å². The van der Waals surface area contributed by atoms with Crippen LogP contribution in [0.1, 0.15) is 50.3 Å². The van der Waals surface area contributed by atoms with Gasteiger partial charge in [0.2, 0.25) is 0 Å². The number of rotatable bonds is 9. The first-order chi connectivity index (χ1) is 10.2. The van der Waals surface area contributed by atoms with E-state index < -0.39 is 0 Å². The van der Waals surface area contributed by atoms with Crippen LogP contribution in [0.3, 0.4) is 0 Å². The highest BCUT2D eigenvalue weighted by Crippen LogP contribution is 2.34. The number of nitrogens with two attached hydrogens (primary N) is 1. The highest BCUT2D eigenvalue weighted by Gasteiger charge is 2.33. The Bertz CT molecular complexity index is 412. The normalized spacial score (nSPS) is 16.7. The van der Waals surface area contributed by atoms with Crippen molar-refractivity contribution >= 4 is 0 Å². The molecule has 0 spiro atoms. The first kappa shape index (κ1) is 16.5. The molecule has 0 radical (unpaired) electrons. The summed E-state index contributed by atoms with van der Waals surface area (Å²) in [5.41, 5.74) is 8.67. The monoisotopic (exact) mass is 290 g/mol. The summed E-state index contributed by atoms with van der Waals surface area (Å²) in [6, 6.07) is 9.86. The topological polar surface area (TPSA) is 38.5 Å². The molecular weight excluding hydrogens is 260 g/mol. The zero-order valence-corrected chi connectivity index (χ0v) is 13.7. The van der Waals surface area contributed by atoms with Crippen molar-refractivity contribution in [3.05, 3.63) is 35.4 Å². The molecule has 0 heterocycles. The zero-order chi connectivity index (χ0) is 15.2. The quantitative estimate of drug-likeness (QED) is 0.758. The number of hydrogen-bond donors (Lipinski definition) is 1. The van der Waals surface area contributed by atoms with Crippen LogP contribution in [0.15, 0.2) is 24.3 Å². The summed E-state index contributed by atoms with van der Waals surface area (Å²) in [7, 11) is 1.73. The molecule has 0 saturated heterocycles. The molecule has 0 aliphatic heterocycles. The van der Waals surface area contributed by atoms with Gasteiger partial charge in [0, 0.05) is 25.7 Å². The van der Waals surface area contributed by atoms with Gasteiger partial charge >= 0.3 is 0 Å². The molecule has 0 bridgehead atoms. The highest BCUT2D eigenvalue weighted by atomic mass is 16.5. The summed E-state index contributed by atoms with van der Waals surface area (Å²) in [6.45, 7) is 7.11. The van der Waals surface area contributed by atoms with Gasteiger partial charge in [-0.2, -0.15) is 0 Å². The van der Waals surface area contributed by atoms with Crippen molar-refractivity contribution in [2.45, 2.75) is 51.8 Å². The maximum atomic E-state index is 6.11. The minimum atomic E-state index is 0.354. The van der Waals surface area contributed by atoms with E-state index >= 15 is 0 Å². The summed E-state index contributed by atoms with van der Waals surface area (Å²) >= 11 is 0. The molecule has 1 saturated carbocycles. The number of ether oxygens (including phenoxy) is 1. The number of hydrogen-bond acceptors (Lipinski definition) is 3. The molecule has 3 nitrogen and oxygen atoms in total. The SMILES string of the molecule is COCc1ccc(C(CN)N(CCC(C)C)C2CC2)cc1. The third kappa shape index (κ3) is 4.80. The van der Waals surface area contributed by atoms with Crippen LogP contribution in [0.5, 0.6) is 0 Å². The molecule has 118 valence electrons. The Morgan fingerprint density at radius 3 is 2.38 bits per heavy atom. The Morgan fingerprint density at radius 2 is 1.90 bits per heavy atom. The van der Waals surface area contributed by atoms with Crippen LogP contribution in [0, 0.1) is 5.92 Å². The molecule has 21 heavy (non-hydrogen) atoms. The van der Waals surface area contributed by atoms with E-state index in [0.717, 1.165) is 18.5 Å². The Kier molecular flexibility index (Phi) is 6.22. The molecule has 1 fully saturated rings. The summed E-state index contributed by atoms with van der Waals surface area (Å²) < 4.78 is 5.18.